The zero-order valence-electron chi connectivity index (χ0n) is 48.2. The van der Waals surface area contributed by atoms with Gasteiger partial charge in [0.25, 0.3) is 5.91 Å². The number of aryl methyl sites for hydroxylation is 1. The number of nitrogens with zero attached hydrogens (tertiary/aromatic N) is 8. The van der Waals surface area contributed by atoms with Crippen LogP contribution in [0.4, 0.5) is 30.5 Å². The van der Waals surface area contributed by atoms with Crippen molar-refractivity contribution in [1.82, 2.24) is 35.3 Å². The number of halogens is 3. The van der Waals surface area contributed by atoms with Gasteiger partial charge in [-0.2, -0.15) is 18.4 Å². The minimum absolute atomic E-state index is 0.0266. The van der Waals surface area contributed by atoms with Crippen molar-refractivity contribution in [3.63, 3.8) is 0 Å². The molecular weight excluding hydrogens is 1060 g/mol. The maximum atomic E-state index is 15.3. The van der Waals surface area contributed by atoms with E-state index in [-0.39, 0.29) is 84.4 Å². The predicted octanol–water partition coefficient (Wildman–Crippen LogP) is 7.88. The second-order valence-electron chi connectivity index (χ2n) is 24.1. The summed E-state index contributed by atoms with van der Waals surface area (Å²) in [5, 5.41) is 29.1. The first kappa shape index (κ1) is 60.8. The topological polar surface area (TPSA) is 234 Å². The number of likely N-dealkylation sites (tertiary alicyclic amines) is 2. The number of amides is 6. The number of ether oxygens (including phenoxy) is 1. The normalized spacial score (nSPS) is 20.2. The van der Waals surface area contributed by atoms with Gasteiger partial charge in [-0.15, -0.1) is 10.2 Å². The predicted molar refractivity (Wildman–Crippen MR) is 300 cm³/mol. The molecule has 0 spiro atoms. The van der Waals surface area contributed by atoms with E-state index in [1.165, 1.54) is 15.9 Å². The van der Waals surface area contributed by atoms with E-state index in [9.17, 15) is 34.0 Å². The fourth-order valence-corrected chi connectivity index (χ4v) is 12.0. The maximum absolute atomic E-state index is 15.3. The highest BCUT2D eigenvalue weighted by Crippen LogP contribution is 2.43. The van der Waals surface area contributed by atoms with E-state index in [0.29, 0.717) is 105 Å². The summed E-state index contributed by atoms with van der Waals surface area (Å²) in [6.07, 6.45) is 2.55. The van der Waals surface area contributed by atoms with Gasteiger partial charge in [0.15, 0.2) is 0 Å². The van der Waals surface area contributed by atoms with Crippen LogP contribution in [0, 0.1) is 28.6 Å². The molecule has 0 radical (unpaired) electrons. The van der Waals surface area contributed by atoms with Crippen LogP contribution in [0.25, 0.3) is 0 Å². The van der Waals surface area contributed by atoms with Crippen molar-refractivity contribution in [2.24, 2.45) is 24.3 Å². The van der Waals surface area contributed by atoms with Gasteiger partial charge in [0.05, 0.1) is 50.9 Å². The zero-order valence-corrected chi connectivity index (χ0v) is 48.2. The summed E-state index contributed by atoms with van der Waals surface area (Å²) in [4.78, 5) is 87.2. The quantitative estimate of drug-likeness (QED) is 0.0298. The maximum Gasteiger partial charge on any atom is 0.416 e. The number of nitrogens with one attached hydrogen (secondary N) is 4. The van der Waals surface area contributed by atoms with Crippen LogP contribution in [-0.4, -0.2) is 116 Å². The van der Waals surface area contributed by atoms with E-state index < -0.39 is 47.0 Å². The summed E-state index contributed by atoms with van der Waals surface area (Å²) in [7, 11) is 1.84. The minimum Gasteiger partial charge on any atom is -0.379 e. The molecule has 8 rings (SSSR count). The molecule has 4 aliphatic heterocycles. The number of unbranched alkanes of at least 4 members (excludes halogenated alkanes) is 2. The second kappa shape index (κ2) is 25.5. The Morgan fingerprint density at radius 1 is 0.951 bits per heavy atom. The highest BCUT2D eigenvalue weighted by atomic mass is 19.4. The van der Waals surface area contributed by atoms with Crippen LogP contribution >= 0.6 is 0 Å². The van der Waals surface area contributed by atoms with Gasteiger partial charge in [0.1, 0.15) is 49.0 Å². The largest absolute Gasteiger partial charge is 0.416 e. The summed E-state index contributed by atoms with van der Waals surface area (Å²) in [6.45, 7) is 14.2. The minimum atomic E-state index is -4.77. The van der Waals surface area contributed by atoms with Crippen molar-refractivity contribution in [3.8, 4) is 6.07 Å². The van der Waals surface area contributed by atoms with E-state index in [4.69, 9.17) is 9.72 Å². The van der Waals surface area contributed by atoms with Crippen LogP contribution in [0.1, 0.15) is 150 Å². The third kappa shape index (κ3) is 14.3. The monoisotopic (exact) mass is 1140 g/mol. The average molecular weight is 1140 g/mol. The lowest BCUT2D eigenvalue weighted by Gasteiger charge is -2.44. The van der Waals surface area contributed by atoms with Gasteiger partial charge in [-0.05, 0) is 97.9 Å². The van der Waals surface area contributed by atoms with E-state index in [0.717, 1.165) is 30.4 Å². The lowest BCUT2D eigenvalue weighted by Crippen LogP contribution is -2.53. The molecule has 6 amide bonds. The Hall–Kier alpha value is -7.25. The molecule has 19 nitrogen and oxygen atoms in total. The van der Waals surface area contributed by atoms with Gasteiger partial charge in [0.2, 0.25) is 29.5 Å². The van der Waals surface area contributed by atoms with Crippen molar-refractivity contribution < 1.29 is 51.2 Å². The fraction of sp³-hybridized carbons (Fsp3) is 0.567. The van der Waals surface area contributed by atoms with E-state index in [2.05, 4.69) is 44.5 Å². The van der Waals surface area contributed by atoms with E-state index in [1.54, 1.807) is 51.4 Å². The number of benzene rings is 2. The molecule has 6 heterocycles. The van der Waals surface area contributed by atoms with Crippen LogP contribution < -0.4 is 26.2 Å². The molecule has 3 fully saturated rings. The van der Waals surface area contributed by atoms with Gasteiger partial charge < -0.3 is 35.1 Å². The Labute approximate surface area is 477 Å². The molecule has 440 valence electrons. The van der Waals surface area contributed by atoms with Crippen LogP contribution in [0.3, 0.4) is 0 Å². The zero-order chi connectivity index (χ0) is 59.1. The van der Waals surface area contributed by atoms with Crippen LogP contribution in [0.15, 0.2) is 54.9 Å². The smallest absolute Gasteiger partial charge is 0.379 e. The fourth-order valence-electron chi connectivity index (χ4n) is 12.0. The van der Waals surface area contributed by atoms with E-state index >= 15 is 13.2 Å². The summed E-state index contributed by atoms with van der Waals surface area (Å²) < 4.78 is 53.8. The molecule has 1 unspecified atom stereocenters. The van der Waals surface area contributed by atoms with Crippen molar-refractivity contribution >= 4 is 52.8 Å². The molecule has 4 N–H and O–H groups in total. The molecule has 0 bridgehead atoms. The number of anilines is 3. The average Bonchev–Trinajstić information content (AvgIpc) is 3.32. The molecule has 4 aromatic rings. The summed E-state index contributed by atoms with van der Waals surface area (Å²) in [6, 6.07) is 13.9. The highest BCUT2D eigenvalue weighted by Gasteiger charge is 2.46. The lowest BCUT2D eigenvalue weighted by molar-refractivity contribution is -0.960. The molecule has 4 aliphatic rings. The Kier molecular flexibility index (Phi) is 18.9. The number of rotatable bonds is 24. The molecule has 22 heteroatoms. The molecule has 0 saturated carbocycles. The SMILES string of the molecule is CCC1(C)CC(=O)N(CCCCCC(=O)N[C@H](C(=O)N[C@@H](C)C(=O)Nc2ccc(C[N+]3(Cc4cc5c(c(C(F)(F)F)c4)CN(c4cc(C6(Cc7nncn7C)COC6)cc(NCCC#N)n4)C5=O)CCC[C@H](C)C3)cc2)C(C)C)C(=O)C1. The molecule has 3 saturated heterocycles. The number of nitriles is 1. The number of fused-ring (bicyclic) bond motifs is 1. The van der Waals surface area contributed by atoms with Crippen LogP contribution in [0.2, 0.25) is 0 Å². The van der Waals surface area contributed by atoms with Gasteiger partial charge >= 0.3 is 6.18 Å². The van der Waals surface area contributed by atoms with Crippen molar-refractivity contribution in [2.75, 3.05) is 54.9 Å². The summed E-state index contributed by atoms with van der Waals surface area (Å²) in [5.41, 5.74) is 0.628. The first-order valence-electron chi connectivity index (χ1n) is 28.7. The Morgan fingerprint density at radius 3 is 2.29 bits per heavy atom. The standard InChI is InChI=1S/C60H77F3N12O7/c1-8-58(6)29-52(77)73(53(78)30-58)22-11-9-10-15-51(76)70-54(38(2)3)56(80)67-40(5)55(79)68-44-18-16-41(17-19-44)33-75(23-12-14-39(4)32-75)34-42-24-45-46(47(25-42)60(61,62)63)31-74(57(45)81)49-27-43(26-48(69-49)65-21-13-20-64)59(35-82-36-59)28-50-71-66-37-72(50)7/h16-19,24-27,37-40,54H,8-15,21-23,28-36H2,1-7H3,(H3-,65,67,68,69,70,76,79,80)/p+1/t39-,40-,54-,75?/m0/s1. The van der Waals surface area contributed by atoms with Crippen LogP contribution in [-0.2, 0) is 73.4 Å². The molecule has 0 aliphatic carbocycles. The van der Waals surface area contributed by atoms with E-state index in [1.807, 2.05) is 43.7 Å². The summed E-state index contributed by atoms with van der Waals surface area (Å²) >= 11 is 0. The van der Waals surface area contributed by atoms with Crippen molar-refractivity contribution in [1.29, 1.82) is 5.26 Å². The van der Waals surface area contributed by atoms with Gasteiger partial charge in [-0.3, -0.25) is 38.6 Å². The molecule has 4 atom stereocenters. The Morgan fingerprint density at radius 2 is 1.67 bits per heavy atom. The number of hydrogen-bond donors (Lipinski definition) is 4. The summed E-state index contributed by atoms with van der Waals surface area (Å²) in [5.74, 6) is -0.990. The Balaban J connectivity index is 0.904. The molecule has 2 aromatic heterocycles. The van der Waals surface area contributed by atoms with Gasteiger partial charge in [-0.1, -0.05) is 53.2 Å². The lowest BCUT2D eigenvalue weighted by atomic mass is 9.75. The number of alkyl halides is 3. The molecule has 2 aromatic carbocycles. The number of hydrogen-bond acceptors (Lipinski definition) is 12. The van der Waals surface area contributed by atoms with Crippen molar-refractivity contribution in [3.05, 3.63) is 94.1 Å². The third-order valence-corrected chi connectivity index (χ3v) is 16.9. The first-order chi connectivity index (χ1) is 38.9. The Bertz CT molecular complexity index is 3040. The van der Waals surface area contributed by atoms with Crippen LogP contribution in [0.5, 0.6) is 0 Å². The van der Waals surface area contributed by atoms with Crippen molar-refractivity contribution in [2.45, 2.75) is 155 Å². The van der Waals surface area contributed by atoms with Gasteiger partial charge in [0, 0.05) is 79.5 Å². The number of aromatic nitrogens is 4. The van der Waals surface area contributed by atoms with Gasteiger partial charge in [-0.25, -0.2) is 4.98 Å². The highest BCUT2D eigenvalue weighted by molar-refractivity contribution is 6.10. The third-order valence-electron chi connectivity index (χ3n) is 16.9. The number of piperidine rings is 2. The molecule has 82 heavy (non-hydrogen) atoms. The first-order valence-corrected chi connectivity index (χ1v) is 28.7. The number of imide groups is 1. The number of pyridine rings is 1. The molecular formula is C60H78F3N12O7+. The number of carbonyl (C=O) groups is 6. The second-order valence-corrected chi connectivity index (χ2v) is 24.1. The number of quaternary nitrogens is 1. The number of carbonyl (C=O) groups excluding carboxylic acids is 6.